The Kier molecular flexibility index (Phi) is 5.04. The first-order chi connectivity index (χ1) is 15.7. The van der Waals surface area contributed by atoms with Crippen LogP contribution in [-0.2, 0) is 9.59 Å². The summed E-state index contributed by atoms with van der Waals surface area (Å²) in [4.78, 5) is 31.0. The van der Waals surface area contributed by atoms with E-state index in [0.29, 0.717) is 23.5 Å². The molecule has 0 aromatic heterocycles. The van der Waals surface area contributed by atoms with Crippen molar-refractivity contribution in [3.8, 4) is 0 Å². The number of fused-ring (bicyclic) bond motifs is 1. The van der Waals surface area contributed by atoms with Gasteiger partial charge in [-0.05, 0) is 36.1 Å². The van der Waals surface area contributed by atoms with Crippen LogP contribution in [0.15, 0.2) is 109 Å². The van der Waals surface area contributed by atoms with Crippen LogP contribution in [0.4, 0.5) is 11.4 Å². The molecule has 4 heteroatoms. The molecular formula is C28H22N2O2. The third-order valence-corrected chi connectivity index (χ3v) is 5.78. The van der Waals surface area contributed by atoms with Gasteiger partial charge in [0.15, 0.2) is 0 Å². The highest BCUT2D eigenvalue weighted by molar-refractivity contribution is 6.47. The van der Waals surface area contributed by atoms with E-state index in [1.807, 2.05) is 115 Å². The highest BCUT2D eigenvalue weighted by atomic mass is 16.2. The molecule has 5 rings (SSSR count). The minimum absolute atomic E-state index is 0.304. The molecule has 0 atom stereocenters. The summed E-state index contributed by atoms with van der Waals surface area (Å²) in [5.41, 5.74) is 3.04. The van der Waals surface area contributed by atoms with Crippen LogP contribution in [0.25, 0.3) is 16.3 Å². The van der Waals surface area contributed by atoms with Gasteiger partial charge in [0.25, 0.3) is 11.8 Å². The van der Waals surface area contributed by atoms with Gasteiger partial charge in [-0.25, -0.2) is 4.90 Å². The van der Waals surface area contributed by atoms with E-state index in [4.69, 9.17) is 0 Å². The minimum Gasteiger partial charge on any atom is -0.337 e. The van der Waals surface area contributed by atoms with Gasteiger partial charge in [-0.3, -0.25) is 9.59 Å². The fraction of sp³-hybridized carbons (Fsp3) is 0.0714. The van der Waals surface area contributed by atoms with Crippen LogP contribution < -0.4 is 9.80 Å². The van der Waals surface area contributed by atoms with Crippen molar-refractivity contribution in [2.24, 2.45) is 0 Å². The third-order valence-electron chi connectivity index (χ3n) is 5.78. The molecule has 0 radical (unpaired) electrons. The Bertz CT molecular complexity index is 1340. The molecule has 1 aliphatic rings. The lowest BCUT2D eigenvalue weighted by atomic mass is 10.0. The van der Waals surface area contributed by atoms with E-state index < -0.39 is 0 Å². The highest BCUT2D eigenvalue weighted by Crippen LogP contribution is 2.38. The van der Waals surface area contributed by atoms with Crippen molar-refractivity contribution >= 4 is 39.5 Å². The van der Waals surface area contributed by atoms with E-state index in [1.165, 1.54) is 4.90 Å². The Morgan fingerprint density at radius 2 is 1.31 bits per heavy atom. The molecule has 0 N–H and O–H groups in total. The first-order valence-electron chi connectivity index (χ1n) is 10.7. The average Bonchev–Trinajstić information content (AvgIpc) is 3.10. The van der Waals surface area contributed by atoms with Gasteiger partial charge in [-0.15, -0.1) is 0 Å². The predicted molar refractivity (Wildman–Crippen MR) is 129 cm³/mol. The minimum atomic E-state index is -0.309. The van der Waals surface area contributed by atoms with Crippen molar-refractivity contribution in [3.05, 3.63) is 114 Å². The Morgan fingerprint density at radius 3 is 2.03 bits per heavy atom. The Balaban J connectivity index is 1.73. The monoisotopic (exact) mass is 418 g/mol. The maximum Gasteiger partial charge on any atom is 0.282 e. The van der Waals surface area contributed by atoms with Crippen molar-refractivity contribution in [2.45, 2.75) is 6.92 Å². The SMILES string of the molecule is CCN(C1=C(c2ccccc2)C(=O)N(c2cccc3ccccc23)C1=O)c1ccccc1. The summed E-state index contributed by atoms with van der Waals surface area (Å²) in [7, 11) is 0. The van der Waals surface area contributed by atoms with E-state index >= 15 is 0 Å². The maximum atomic E-state index is 13.9. The number of amides is 2. The van der Waals surface area contributed by atoms with Gasteiger partial charge < -0.3 is 4.90 Å². The molecule has 4 nitrogen and oxygen atoms in total. The number of imide groups is 1. The summed E-state index contributed by atoms with van der Waals surface area (Å²) in [6.07, 6.45) is 0. The largest absolute Gasteiger partial charge is 0.337 e. The molecule has 0 saturated carbocycles. The number of benzene rings is 4. The number of carbonyl (C=O) groups excluding carboxylic acids is 2. The molecular weight excluding hydrogens is 396 g/mol. The zero-order valence-electron chi connectivity index (χ0n) is 17.7. The molecule has 4 aromatic rings. The summed E-state index contributed by atoms with van der Waals surface area (Å²) >= 11 is 0. The zero-order chi connectivity index (χ0) is 22.1. The number of hydrogen-bond acceptors (Lipinski definition) is 3. The summed E-state index contributed by atoms with van der Waals surface area (Å²) in [6, 6.07) is 32.7. The molecule has 0 bridgehead atoms. The molecule has 4 aromatic carbocycles. The van der Waals surface area contributed by atoms with Gasteiger partial charge >= 0.3 is 0 Å². The number of rotatable bonds is 5. The van der Waals surface area contributed by atoms with Crippen LogP contribution in [0.3, 0.4) is 0 Å². The first kappa shape index (κ1) is 19.8. The quantitative estimate of drug-likeness (QED) is 0.393. The molecule has 32 heavy (non-hydrogen) atoms. The molecule has 1 heterocycles. The zero-order valence-corrected chi connectivity index (χ0v) is 17.7. The second-order valence-corrected chi connectivity index (χ2v) is 7.61. The van der Waals surface area contributed by atoms with E-state index in [9.17, 15) is 9.59 Å². The second kappa shape index (κ2) is 8.16. The highest BCUT2D eigenvalue weighted by Gasteiger charge is 2.43. The number of carbonyl (C=O) groups is 2. The van der Waals surface area contributed by atoms with Crippen LogP contribution in [0, 0.1) is 0 Å². The van der Waals surface area contributed by atoms with Crippen LogP contribution in [0.2, 0.25) is 0 Å². The number of nitrogens with zero attached hydrogens (tertiary/aromatic N) is 2. The summed E-state index contributed by atoms with van der Waals surface area (Å²) in [6.45, 7) is 2.54. The van der Waals surface area contributed by atoms with Gasteiger partial charge in [0.1, 0.15) is 5.70 Å². The fourth-order valence-electron chi connectivity index (χ4n) is 4.33. The standard InChI is InChI=1S/C28H22N2O2/c1-2-29(22-16-7-4-8-17-22)26-25(21-13-5-3-6-14-21)27(31)30(28(26)32)24-19-11-15-20-12-9-10-18-23(20)24/h3-19H,2H2,1H3. The normalized spacial score (nSPS) is 13.8. The number of para-hydroxylation sites is 1. The van der Waals surface area contributed by atoms with Crippen molar-refractivity contribution in [1.82, 2.24) is 0 Å². The average molecular weight is 418 g/mol. The molecule has 0 aliphatic carbocycles. The Hall–Kier alpha value is -4.18. The van der Waals surface area contributed by atoms with E-state index in [0.717, 1.165) is 22.0 Å². The van der Waals surface area contributed by atoms with Crippen molar-refractivity contribution < 1.29 is 9.59 Å². The first-order valence-corrected chi connectivity index (χ1v) is 10.7. The Labute approximate surface area is 187 Å². The molecule has 2 amide bonds. The maximum absolute atomic E-state index is 13.9. The molecule has 0 fully saturated rings. The van der Waals surface area contributed by atoms with Crippen LogP contribution in [0.1, 0.15) is 12.5 Å². The molecule has 0 unspecified atom stereocenters. The molecule has 0 saturated heterocycles. The third kappa shape index (κ3) is 3.17. The lowest BCUT2D eigenvalue weighted by Crippen LogP contribution is -2.35. The second-order valence-electron chi connectivity index (χ2n) is 7.61. The predicted octanol–water partition coefficient (Wildman–Crippen LogP) is 5.65. The Morgan fingerprint density at radius 1 is 0.688 bits per heavy atom. The van der Waals surface area contributed by atoms with Gasteiger partial charge in [-0.2, -0.15) is 0 Å². The van der Waals surface area contributed by atoms with Crippen molar-refractivity contribution in [3.63, 3.8) is 0 Å². The summed E-state index contributed by atoms with van der Waals surface area (Å²) < 4.78 is 0. The van der Waals surface area contributed by atoms with Gasteiger partial charge in [0.2, 0.25) is 0 Å². The van der Waals surface area contributed by atoms with E-state index in [1.54, 1.807) is 0 Å². The molecule has 156 valence electrons. The van der Waals surface area contributed by atoms with Crippen LogP contribution >= 0.6 is 0 Å². The van der Waals surface area contributed by atoms with E-state index in [-0.39, 0.29) is 11.8 Å². The molecule has 0 spiro atoms. The van der Waals surface area contributed by atoms with Crippen molar-refractivity contribution in [2.75, 3.05) is 16.3 Å². The summed E-state index contributed by atoms with van der Waals surface area (Å²) in [5.74, 6) is -0.613. The van der Waals surface area contributed by atoms with Gasteiger partial charge in [0, 0.05) is 17.6 Å². The number of hydrogen-bond donors (Lipinski definition) is 0. The number of likely N-dealkylation sites (N-methyl/N-ethyl adjacent to an activating group) is 1. The topological polar surface area (TPSA) is 40.6 Å². The van der Waals surface area contributed by atoms with E-state index in [2.05, 4.69) is 0 Å². The lowest BCUT2D eigenvalue weighted by Gasteiger charge is -2.25. The fourth-order valence-corrected chi connectivity index (χ4v) is 4.33. The van der Waals surface area contributed by atoms with Crippen LogP contribution in [-0.4, -0.2) is 18.4 Å². The van der Waals surface area contributed by atoms with Gasteiger partial charge in [0.05, 0.1) is 11.3 Å². The number of anilines is 2. The lowest BCUT2D eigenvalue weighted by molar-refractivity contribution is -0.120. The summed E-state index contributed by atoms with van der Waals surface area (Å²) in [5, 5.41) is 1.85. The smallest absolute Gasteiger partial charge is 0.282 e. The van der Waals surface area contributed by atoms with Gasteiger partial charge in [-0.1, -0.05) is 84.9 Å². The van der Waals surface area contributed by atoms with Crippen LogP contribution in [0.5, 0.6) is 0 Å². The van der Waals surface area contributed by atoms with Crippen molar-refractivity contribution in [1.29, 1.82) is 0 Å². The molecule has 1 aliphatic heterocycles.